The molecule has 0 unspecified atom stereocenters. The third-order valence-corrected chi connectivity index (χ3v) is 3.51. The molecule has 4 nitrogen and oxygen atoms in total. The smallest absolute Gasteiger partial charge is 0.157 e. The van der Waals surface area contributed by atoms with Gasteiger partial charge in [0.15, 0.2) is 5.75 Å². The fraction of sp³-hybridized carbons (Fsp3) is 0.727. The van der Waals surface area contributed by atoms with Crippen LogP contribution in [0, 0.1) is 0 Å². The van der Waals surface area contributed by atoms with Gasteiger partial charge in [-0.15, -0.1) is 0 Å². The molecule has 2 aliphatic rings. The van der Waals surface area contributed by atoms with Crippen LogP contribution in [0.25, 0.3) is 0 Å². The van der Waals surface area contributed by atoms with Gasteiger partial charge in [0.1, 0.15) is 5.69 Å². The van der Waals surface area contributed by atoms with E-state index in [2.05, 4.69) is 5.10 Å². The maximum Gasteiger partial charge on any atom is 0.157 e. The van der Waals surface area contributed by atoms with Gasteiger partial charge in [-0.25, -0.2) is 0 Å². The molecule has 2 fully saturated rings. The first-order valence-electron chi connectivity index (χ1n) is 5.70. The van der Waals surface area contributed by atoms with Gasteiger partial charge in [0.05, 0.1) is 18.8 Å². The van der Waals surface area contributed by atoms with Gasteiger partial charge >= 0.3 is 0 Å². The van der Waals surface area contributed by atoms with E-state index < -0.39 is 0 Å². The number of hydrogen-bond acceptors (Lipinski definition) is 3. The minimum atomic E-state index is 0.298. The van der Waals surface area contributed by atoms with E-state index in [0.717, 1.165) is 18.7 Å². The Balaban J connectivity index is 1.84. The molecule has 1 aliphatic heterocycles. The van der Waals surface area contributed by atoms with Crippen molar-refractivity contribution in [3.63, 3.8) is 0 Å². The Bertz CT molecular complexity index is 351. The van der Waals surface area contributed by atoms with Crippen molar-refractivity contribution in [1.82, 2.24) is 9.78 Å². The summed E-state index contributed by atoms with van der Waals surface area (Å²) in [5, 5.41) is 14.3. The SMILES string of the molecule is Oc1cn(C2CCC2)nc1[C@@H]1CCOC1. The van der Waals surface area contributed by atoms with Gasteiger partial charge in [-0.05, 0) is 25.7 Å². The van der Waals surface area contributed by atoms with Crippen LogP contribution in [-0.4, -0.2) is 28.1 Å². The first-order chi connectivity index (χ1) is 7.34. The average Bonchev–Trinajstić information content (AvgIpc) is 2.70. The Labute approximate surface area is 88.9 Å². The number of aromatic nitrogens is 2. The van der Waals surface area contributed by atoms with Crippen LogP contribution < -0.4 is 0 Å². The minimum Gasteiger partial charge on any atom is -0.504 e. The van der Waals surface area contributed by atoms with Crippen LogP contribution in [0.15, 0.2) is 6.20 Å². The fourth-order valence-electron chi connectivity index (χ4n) is 2.28. The topological polar surface area (TPSA) is 47.3 Å². The molecule has 1 atom stereocenters. The average molecular weight is 208 g/mol. The van der Waals surface area contributed by atoms with Crippen LogP contribution in [0.3, 0.4) is 0 Å². The molecule has 1 saturated heterocycles. The lowest BCUT2D eigenvalue weighted by molar-refractivity contribution is 0.193. The summed E-state index contributed by atoms with van der Waals surface area (Å²) in [6.07, 6.45) is 6.43. The molecule has 82 valence electrons. The number of rotatable bonds is 2. The van der Waals surface area contributed by atoms with Crippen LogP contribution in [0.5, 0.6) is 5.75 Å². The summed E-state index contributed by atoms with van der Waals surface area (Å²) in [4.78, 5) is 0. The molecule has 1 N–H and O–H groups in total. The number of nitrogens with zero attached hydrogens (tertiary/aromatic N) is 2. The van der Waals surface area contributed by atoms with E-state index in [4.69, 9.17) is 4.74 Å². The summed E-state index contributed by atoms with van der Waals surface area (Å²) in [6.45, 7) is 1.50. The van der Waals surface area contributed by atoms with Crippen LogP contribution in [0.2, 0.25) is 0 Å². The zero-order chi connectivity index (χ0) is 10.3. The molecule has 1 aromatic rings. The molecule has 1 aromatic heterocycles. The molecule has 1 saturated carbocycles. The first-order valence-corrected chi connectivity index (χ1v) is 5.70. The Kier molecular flexibility index (Phi) is 2.16. The van der Waals surface area contributed by atoms with Gasteiger partial charge in [0.2, 0.25) is 0 Å². The van der Waals surface area contributed by atoms with Gasteiger partial charge in [-0.1, -0.05) is 0 Å². The Morgan fingerprint density at radius 3 is 2.87 bits per heavy atom. The summed E-state index contributed by atoms with van der Waals surface area (Å²) >= 11 is 0. The lowest BCUT2D eigenvalue weighted by Gasteiger charge is -2.25. The van der Waals surface area contributed by atoms with Gasteiger partial charge < -0.3 is 9.84 Å². The predicted molar refractivity (Wildman–Crippen MR) is 55.0 cm³/mol. The van der Waals surface area contributed by atoms with Crippen molar-refractivity contribution in [2.24, 2.45) is 0 Å². The molecular formula is C11H16N2O2. The maximum absolute atomic E-state index is 9.82. The lowest BCUT2D eigenvalue weighted by atomic mass is 9.93. The van der Waals surface area contributed by atoms with E-state index in [9.17, 15) is 5.11 Å². The Morgan fingerprint density at radius 1 is 1.40 bits per heavy atom. The van der Waals surface area contributed by atoms with Crippen LogP contribution in [0.1, 0.15) is 43.3 Å². The Hall–Kier alpha value is -1.03. The third-order valence-electron chi connectivity index (χ3n) is 3.51. The van der Waals surface area contributed by atoms with E-state index in [1.807, 2.05) is 4.68 Å². The van der Waals surface area contributed by atoms with Crippen molar-refractivity contribution in [3.8, 4) is 5.75 Å². The quantitative estimate of drug-likeness (QED) is 0.806. The minimum absolute atomic E-state index is 0.298. The van der Waals surface area contributed by atoms with E-state index in [0.29, 0.717) is 24.3 Å². The van der Waals surface area contributed by atoms with Crippen molar-refractivity contribution in [2.75, 3.05) is 13.2 Å². The highest BCUT2D eigenvalue weighted by molar-refractivity contribution is 5.27. The van der Waals surface area contributed by atoms with Gasteiger partial charge in [0, 0.05) is 12.5 Å². The molecule has 0 amide bonds. The number of ether oxygens (including phenoxy) is 1. The molecule has 2 heterocycles. The Morgan fingerprint density at radius 2 is 2.27 bits per heavy atom. The zero-order valence-electron chi connectivity index (χ0n) is 8.72. The van der Waals surface area contributed by atoms with Crippen molar-refractivity contribution < 1.29 is 9.84 Å². The molecule has 1 aliphatic carbocycles. The highest BCUT2D eigenvalue weighted by atomic mass is 16.5. The predicted octanol–water partition coefficient (Wildman–Crippen LogP) is 1.82. The van der Waals surface area contributed by atoms with Gasteiger partial charge in [0.25, 0.3) is 0 Å². The summed E-state index contributed by atoms with van der Waals surface area (Å²) in [6, 6.07) is 0.520. The van der Waals surface area contributed by atoms with Crippen LogP contribution >= 0.6 is 0 Å². The third kappa shape index (κ3) is 1.53. The van der Waals surface area contributed by atoms with E-state index >= 15 is 0 Å². The van der Waals surface area contributed by atoms with E-state index in [-0.39, 0.29) is 0 Å². The summed E-state index contributed by atoms with van der Waals surface area (Å²) < 4.78 is 7.25. The van der Waals surface area contributed by atoms with Crippen LogP contribution in [0.4, 0.5) is 0 Å². The standard InChI is InChI=1S/C11H16N2O2/c14-10-6-13(9-2-1-3-9)12-11(10)8-4-5-15-7-8/h6,8-9,14H,1-5,7H2/t8-/m1/s1. The summed E-state index contributed by atoms with van der Waals surface area (Å²) in [5.74, 6) is 0.642. The number of hydrogen-bond donors (Lipinski definition) is 1. The van der Waals surface area contributed by atoms with Crippen molar-refractivity contribution in [1.29, 1.82) is 0 Å². The van der Waals surface area contributed by atoms with Crippen molar-refractivity contribution >= 4 is 0 Å². The van der Waals surface area contributed by atoms with Crippen LogP contribution in [-0.2, 0) is 4.74 Å². The highest BCUT2D eigenvalue weighted by Gasteiger charge is 2.27. The fourth-order valence-corrected chi connectivity index (χ4v) is 2.28. The molecule has 0 bridgehead atoms. The van der Waals surface area contributed by atoms with Gasteiger partial charge in [-0.3, -0.25) is 4.68 Å². The largest absolute Gasteiger partial charge is 0.504 e. The molecule has 15 heavy (non-hydrogen) atoms. The highest BCUT2D eigenvalue weighted by Crippen LogP contribution is 2.36. The van der Waals surface area contributed by atoms with E-state index in [1.165, 1.54) is 19.3 Å². The second kappa shape index (κ2) is 3.52. The summed E-state index contributed by atoms with van der Waals surface area (Å²) in [5.41, 5.74) is 0.833. The second-order valence-corrected chi connectivity index (χ2v) is 4.52. The molecule has 4 heteroatoms. The molecule has 0 aromatic carbocycles. The molecular weight excluding hydrogens is 192 g/mol. The number of aromatic hydroxyl groups is 1. The van der Waals surface area contributed by atoms with Crippen molar-refractivity contribution in [3.05, 3.63) is 11.9 Å². The van der Waals surface area contributed by atoms with Gasteiger partial charge in [-0.2, -0.15) is 5.10 Å². The molecule has 0 spiro atoms. The normalized spacial score (nSPS) is 26.8. The maximum atomic E-state index is 9.82. The monoisotopic (exact) mass is 208 g/mol. The second-order valence-electron chi connectivity index (χ2n) is 4.52. The summed E-state index contributed by atoms with van der Waals surface area (Å²) in [7, 11) is 0. The van der Waals surface area contributed by atoms with Crippen molar-refractivity contribution in [2.45, 2.75) is 37.6 Å². The first kappa shape index (κ1) is 9.21. The zero-order valence-corrected chi connectivity index (χ0v) is 8.72. The van der Waals surface area contributed by atoms with E-state index in [1.54, 1.807) is 6.20 Å². The molecule has 0 radical (unpaired) electrons. The molecule has 3 rings (SSSR count). The lowest BCUT2D eigenvalue weighted by Crippen LogP contribution is -2.17.